The first-order valence-corrected chi connectivity index (χ1v) is 9.22. The molecular weight excluding hydrogens is 398 g/mol. The van der Waals surface area contributed by atoms with Crippen molar-refractivity contribution < 1.29 is 31.4 Å². The Morgan fingerprint density at radius 3 is 2.24 bits per heavy atom. The van der Waals surface area contributed by atoms with E-state index in [0.717, 1.165) is 56.1 Å². The van der Waals surface area contributed by atoms with E-state index in [0.29, 0.717) is 0 Å². The van der Waals surface area contributed by atoms with Crippen molar-refractivity contribution >= 4 is 0 Å². The van der Waals surface area contributed by atoms with Gasteiger partial charge >= 0.3 is 12.4 Å². The van der Waals surface area contributed by atoms with Crippen molar-refractivity contribution in [2.24, 2.45) is 0 Å². The Kier molecular flexibility index (Phi) is 6.19. The standard InChI is InChI=1S/C20H20F6N2O/c21-19(22,23)14-6-4-12(5-7-14)16-9-13(10-18(28-16)20(24,25)26)17(29)11-15-3-1-2-8-27-15/h4-7,9-10,15,17,27,29H,1-3,8,11H2. The Hall–Kier alpha value is -2.13. The second kappa shape index (κ2) is 8.31. The summed E-state index contributed by atoms with van der Waals surface area (Å²) in [5.41, 5.74) is -2.10. The van der Waals surface area contributed by atoms with E-state index in [4.69, 9.17) is 0 Å². The van der Waals surface area contributed by atoms with Gasteiger partial charge in [-0.15, -0.1) is 0 Å². The fourth-order valence-corrected chi connectivity index (χ4v) is 3.40. The molecule has 3 rings (SSSR count). The van der Waals surface area contributed by atoms with Crippen molar-refractivity contribution in [1.29, 1.82) is 0 Å². The maximum atomic E-state index is 13.3. The van der Waals surface area contributed by atoms with Gasteiger partial charge in [0.25, 0.3) is 0 Å². The molecule has 9 heteroatoms. The summed E-state index contributed by atoms with van der Waals surface area (Å²) in [4.78, 5) is 3.56. The van der Waals surface area contributed by atoms with Crippen molar-refractivity contribution in [2.75, 3.05) is 6.54 Å². The molecule has 1 aromatic carbocycles. The number of rotatable bonds is 4. The molecule has 0 radical (unpaired) electrons. The van der Waals surface area contributed by atoms with Crippen molar-refractivity contribution in [3.8, 4) is 11.3 Å². The van der Waals surface area contributed by atoms with Gasteiger partial charge in [0.1, 0.15) is 5.69 Å². The van der Waals surface area contributed by atoms with Crippen LogP contribution in [0, 0.1) is 0 Å². The number of benzene rings is 1. The molecule has 1 fully saturated rings. The molecule has 2 heterocycles. The number of aliphatic hydroxyl groups excluding tert-OH is 1. The number of aromatic nitrogens is 1. The summed E-state index contributed by atoms with van der Waals surface area (Å²) >= 11 is 0. The second-order valence-corrected chi connectivity index (χ2v) is 7.14. The van der Waals surface area contributed by atoms with Crippen LogP contribution in [0.4, 0.5) is 26.3 Å². The summed E-state index contributed by atoms with van der Waals surface area (Å²) in [6.45, 7) is 0.790. The quantitative estimate of drug-likeness (QED) is 0.658. The molecular formula is C20H20F6N2O. The molecule has 0 amide bonds. The number of halogens is 6. The zero-order valence-corrected chi connectivity index (χ0v) is 15.3. The van der Waals surface area contributed by atoms with E-state index in [1.54, 1.807) is 0 Å². The minimum Gasteiger partial charge on any atom is -0.388 e. The van der Waals surface area contributed by atoms with Gasteiger partial charge in [-0.2, -0.15) is 26.3 Å². The number of piperidine rings is 1. The number of pyridine rings is 1. The van der Waals surface area contributed by atoms with Crippen LogP contribution in [0.15, 0.2) is 36.4 Å². The molecule has 0 saturated carbocycles. The lowest BCUT2D eigenvalue weighted by molar-refractivity contribution is -0.141. The Bertz CT molecular complexity index is 826. The minimum atomic E-state index is -4.75. The van der Waals surface area contributed by atoms with Crippen molar-refractivity contribution in [3.63, 3.8) is 0 Å². The van der Waals surface area contributed by atoms with Crippen molar-refractivity contribution in [1.82, 2.24) is 10.3 Å². The largest absolute Gasteiger partial charge is 0.433 e. The molecule has 1 saturated heterocycles. The molecule has 2 unspecified atom stereocenters. The molecule has 1 aliphatic heterocycles. The van der Waals surface area contributed by atoms with Crippen LogP contribution in [0.25, 0.3) is 11.3 Å². The van der Waals surface area contributed by atoms with Gasteiger partial charge in [-0.1, -0.05) is 18.6 Å². The van der Waals surface area contributed by atoms with Gasteiger partial charge in [0.15, 0.2) is 0 Å². The molecule has 158 valence electrons. The lowest BCUT2D eigenvalue weighted by Crippen LogP contribution is -2.35. The molecule has 1 aliphatic rings. The molecule has 2 N–H and O–H groups in total. The summed E-state index contributed by atoms with van der Waals surface area (Å²) < 4.78 is 78.1. The predicted molar refractivity (Wildman–Crippen MR) is 94.9 cm³/mol. The molecule has 1 aromatic heterocycles. The molecule has 2 atom stereocenters. The normalized spacial score (nSPS) is 19.2. The highest BCUT2D eigenvalue weighted by Gasteiger charge is 2.34. The molecule has 0 bridgehead atoms. The average Bonchev–Trinajstić information content (AvgIpc) is 2.67. The summed E-state index contributed by atoms with van der Waals surface area (Å²) in [7, 11) is 0. The minimum absolute atomic E-state index is 0.00392. The highest BCUT2D eigenvalue weighted by molar-refractivity contribution is 5.61. The van der Waals surface area contributed by atoms with Gasteiger partial charge in [0.05, 0.1) is 17.4 Å². The third-order valence-electron chi connectivity index (χ3n) is 4.95. The molecule has 0 aliphatic carbocycles. The highest BCUT2D eigenvalue weighted by atomic mass is 19.4. The summed E-state index contributed by atoms with van der Waals surface area (Å²) in [6.07, 6.45) is -7.40. The van der Waals surface area contributed by atoms with Crippen LogP contribution in [0.3, 0.4) is 0 Å². The van der Waals surface area contributed by atoms with E-state index in [1.807, 2.05) is 0 Å². The van der Waals surface area contributed by atoms with E-state index in [-0.39, 0.29) is 29.3 Å². The zero-order valence-electron chi connectivity index (χ0n) is 15.3. The SMILES string of the molecule is OC(CC1CCCCN1)c1cc(-c2ccc(C(F)(F)F)cc2)nc(C(F)(F)F)c1. The number of nitrogens with one attached hydrogen (secondary N) is 1. The predicted octanol–water partition coefficient (Wildman–Crippen LogP) is 5.35. The Morgan fingerprint density at radius 2 is 1.69 bits per heavy atom. The fourth-order valence-electron chi connectivity index (χ4n) is 3.40. The summed E-state index contributed by atoms with van der Waals surface area (Å²) in [5.74, 6) is 0. The third kappa shape index (κ3) is 5.48. The van der Waals surface area contributed by atoms with Gasteiger partial charge < -0.3 is 10.4 Å². The number of aliphatic hydroxyl groups is 1. The van der Waals surface area contributed by atoms with E-state index in [1.165, 1.54) is 6.07 Å². The zero-order chi connectivity index (χ0) is 21.2. The van der Waals surface area contributed by atoms with Crippen LogP contribution in [-0.4, -0.2) is 22.7 Å². The van der Waals surface area contributed by atoms with Crippen LogP contribution in [0.5, 0.6) is 0 Å². The first-order valence-electron chi connectivity index (χ1n) is 9.22. The highest BCUT2D eigenvalue weighted by Crippen LogP contribution is 2.35. The van der Waals surface area contributed by atoms with Crippen LogP contribution in [0.1, 0.15) is 48.6 Å². The van der Waals surface area contributed by atoms with E-state index in [9.17, 15) is 31.4 Å². The first-order chi connectivity index (χ1) is 13.5. The molecule has 3 nitrogen and oxygen atoms in total. The maximum absolute atomic E-state index is 13.3. The molecule has 29 heavy (non-hydrogen) atoms. The lowest BCUT2D eigenvalue weighted by atomic mass is 9.95. The van der Waals surface area contributed by atoms with Gasteiger partial charge in [0, 0.05) is 11.6 Å². The lowest BCUT2D eigenvalue weighted by Gasteiger charge is -2.26. The van der Waals surface area contributed by atoms with E-state index < -0.39 is 29.7 Å². The van der Waals surface area contributed by atoms with Gasteiger partial charge in [-0.25, -0.2) is 4.98 Å². The summed E-state index contributed by atoms with van der Waals surface area (Å²) in [5, 5.41) is 13.7. The van der Waals surface area contributed by atoms with Crippen molar-refractivity contribution in [3.05, 3.63) is 53.2 Å². The topological polar surface area (TPSA) is 45.1 Å². The molecule has 2 aromatic rings. The average molecular weight is 418 g/mol. The number of alkyl halides is 6. The number of hydrogen-bond donors (Lipinski definition) is 2. The summed E-state index contributed by atoms with van der Waals surface area (Å²) in [6, 6.07) is 5.81. The van der Waals surface area contributed by atoms with Crippen LogP contribution in [0.2, 0.25) is 0 Å². The van der Waals surface area contributed by atoms with Crippen LogP contribution < -0.4 is 5.32 Å². The maximum Gasteiger partial charge on any atom is 0.433 e. The fraction of sp³-hybridized carbons (Fsp3) is 0.450. The number of nitrogens with zero attached hydrogens (tertiary/aromatic N) is 1. The van der Waals surface area contributed by atoms with Crippen molar-refractivity contribution in [2.45, 2.75) is 50.2 Å². The first kappa shape index (κ1) is 21.6. The van der Waals surface area contributed by atoms with Crippen LogP contribution >= 0.6 is 0 Å². The Morgan fingerprint density at radius 1 is 1.00 bits per heavy atom. The Balaban J connectivity index is 1.93. The third-order valence-corrected chi connectivity index (χ3v) is 4.95. The molecule has 0 spiro atoms. The van der Waals surface area contributed by atoms with E-state index in [2.05, 4.69) is 10.3 Å². The monoisotopic (exact) mass is 418 g/mol. The van der Waals surface area contributed by atoms with Gasteiger partial charge in [-0.05, 0) is 55.6 Å². The second-order valence-electron chi connectivity index (χ2n) is 7.14. The van der Waals surface area contributed by atoms with Crippen LogP contribution in [-0.2, 0) is 12.4 Å². The van der Waals surface area contributed by atoms with E-state index >= 15 is 0 Å². The Labute approximate surface area is 163 Å². The number of hydrogen-bond acceptors (Lipinski definition) is 3. The smallest absolute Gasteiger partial charge is 0.388 e. The van der Waals surface area contributed by atoms with Gasteiger partial charge in [-0.3, -0.25) is 0 Å². The van der Waals surface area contributed by atoms with Gasteiger partial charge in [0.2, 0.25) is 0 Å².